The summed E-state index contributed by atoms with van der Waals surface area (Å²) in [6, 6.07) is 8.56. The molecular weight excluding hydrogens is 234 g/mol. The second kappa shape index (κ2) is 5.00. The minimum absolute atomic E-state index is 0.0307. The first-order chi connectivity index (χ1) is 8.86. The Hall–Kier alpha value is -1.90. The van der Waals surface area contributed by atoms with E-state index in [-0.39, 0.29) is 5.41 Å². The zero-order valence-electron chi connectivity index (χ0n) is 12.1. The van der Waals surface area contributed by atoms with Crippen LogP contribution in [0.3, 0.4) is 0 Å². The number of benzene rings is 1. The molecule has 0 radical (unpaired) electrons. The van der Waals surface area contributed by atoms with Gasteiger partial charge < -0.3 is 5.73 Å². The van der Waals surface area contributed by atoms with Crippen LogP contribution in [0.1, 0.15) is 43.2 Å². The fourth-order valence-corrected chi connectivity index (χ4v) is 2.13. The van der Waals surface area contributed by atoms with Crippen LogP contribution in [0.4, 0.5) is 5.95 Å². The van der Waals surface area contributed by atoms with Gasteiger partial charge in [0.05, 0.1) is 5.69 Å². The summed E-state index contributed by atoms with van der Waals surface area (Å²) < 4.78 is 0. The minimum Gasteiger partial charge on any atom is -0.368 e. The number of hydrogen-bond donors (Lipinski definition) is 1. The summed E-state index contributed by atoms with van der Waals surface area (Å²) in [7, 11) is 0. The Morgan fingerprint density at radius 3 is 2.32 bits per heavy atom. The molecule has 19 heavy (non-hydrogen) atoms. The summed E-state index contributed by atoms with van der Waals surface area (Å²) in [5.74, 6) is 0.345. The molecule has 1 heterocycles. The zero-order valence-corrected chi connectivity index (χ0v) is 12.1. The highest BCUT2D eigenvalue weighted by Crippen LogP contribution is 2.25. The standard InChI is InChI=1S/C16H21N3/c1-11-5-7-12(8-6-11)9-13-10-18-15(17)19-14(13)16(2,3)4/h5-8,10H,9H2,1-4H3,(H2,17,18,19). The van der Waals surface area contributed by atoms with Crippen LogP contribution in [0.2, 0.25) is 0 Å². The van der Waals surface area contributed by atoms with Crippen molar-refractivity contribution in [1.29, 1.82) is 0 Å². The van der Waals surface area contributed by atoms with E-state index in [1.165, 1.54) is 11.1 Å². The van der Waals surface area contributed by atoms with Crippen LogP contribution in [0, 0.1) is 6.92 Å². The molecule has 0 amide bonds. The van der Waals surface area contributed by atoms with Crippen molar-refractivity contribution in [3.63, 3.8) is 0 Å². The van der Waals surface area contributed by atoms with Crippen molar-refractivity contribution in [3.8, 4) is 0 Å². The van der Waals surface area contributed by atoms with E-state index >= 15 is 0 Å². The minimum atomic E-state index is -0.0307. The van der Waals surface area contributed by atoms with Crippen LogP contribution >= 0.6 is 0 Å². The summed E-state index contributed by atoms with van der Waals surface area (Å²) in [6.07, 6.45) is 2.69. The smallest absolute Gasteiger partial charge is 0.220 e. The lowest BCUT2D eigenvalue weighted by molar-refractivity contribution is 0.561. The zero-order chi connectivity index (χ0) is 14.0. The number of aryl methyl sites for hydroxylation is 1. The fourth-order valence-electron chi connectivity index (χ4n) is 2.13. The number of rotatable bonds is 2. The lowest BCUT2D eigenvalue weighted by Gasteiger charge is -2.21. The first-order valence-electron chi connectivity index (χ1n) is 6.53. The molecule has 0 unspecified atom stereocenters. The van der Waals surface area contributed by atoms with Gasteiger partial charge in [0.2, 0.25) is 5.95 Å². The maximum atomic E-state index is 5.72. The van der Waals surface area contributed by atoms with Gasteiger partial charge in [-0.15, -0.1) is 0 Å². The monoisotopic (exact) mass is 255 g/mol. The third kappa shape index (κ3) is 3.31. The number of nitrogens with zero attached hydrogens (tertiary/aromatic N) is 2. The van der Waals surface area contributed by atoms with Crippen molar-refractivity contribution in [2.45, 2.75) is 39.5 Å². The highest BCUT2D eigenvalue weighted by Gasteiger charge is 2.20. The maximum Gasteiger partial charge on any atom is 0.220 e. The molecule has 0 aliphatic rings. The third-order valence-electron chi connectivity index (χ3n) is 3.11. The van der Waals surface area contributed by atoms with Gasteiger partial charge in [-0.05, 0) is 18.1 Å². The van der Waals surface area contributed by atoms with Gasteiger partial charge in [-0.2, -0.15) is 0 Å². The van der Waals surface area contributed by atoms with Crippen molar-refractivity contribution in [2.75, 3.05) is 5.73 Å². The summed E-state index contributed by atoms with van der Waals surface area (Å²) in [4.78, 5) is 8.56. The predicted octanol–water partition coefficient (Wildman–Crippen LogP) is 3.26. The number of nitrogens with two attached hydrogens (primary N) is 1. The van der Waals surface area contributed by atoms with E-state index in [2.05, 4.69) is 61.9 Å². The lowest BCUT2D eigenvalue weighted by Crippen LogP contribution is -2.18. The third-order valence-corrected chi connectivity index (χ3v) is 3.11. The van der Waals surface area contributed by atoms with Gasteiger partial charge in [0.1, 0.15) is 0 Å². The predicted molar refractivity (Wildman–Crippen MR) is 79.1 cm³/mol. The Morgan fingerprint density at radius 2 is 1.74 bits per heavy atom. The molecule has 1 aromatic carbocycles. The molecule has 0 fully saturated rings. The van der Waals surface area contributed by atoms with Crippen molar-refractivity contribution in [2.24, 2.45) is 0 Å². The van der Waals surface area contributed by atoms with Crippen LogP contribution in [0.15, 0.2) is 30.5 Å². The van der Waals surface area contributed by atoms with E-state index in [1.54, 1.807) is 0 Å². The van der Waals surface area contributed by atoms with Crippen molar-refractivity contribution >= 4 is 5.95 Å². The first-order valence-corrected chi connectivity index (χ1v) is 6.53. The molecule has 0 aliphatic carbocycles. The average molecular weight is 255 g/mol. The van der Waals surface area contributed by atoms with Gasteiger partial charge in [-0.1, -0.05) is 50.6 Å². The molecule has 0 spiro atoms. The van der Waals surface area contributed by atoms with Crippen LogP contribution in [-0.2, 0) is 11.8 Å². The van der Waals surface area contributed by atoms with Gasteiger partial charge in [0.15, 0.2) is 0 Å². The molecular formula is C16H21N3. The Kier molecular flexibility index (Phi) is 3.56. The molecule has 0 bridgehead atoms. The highest BCUT2D eigenvalue weighted by molar-refractivity contribution is 5.34. The average Bonchev–Trinajstić information content (AvgIpc) is 2.33. The fraction of sp³-hybridized carbons (Fsp3) is 0.375. The molecule has 2 N–H and O–H groups in total. The maximum absolute atomic E-state index is 5.72. The molecule has 0 saturated heterocycles. The largest absolute Gasteiger partial charge is 0.368 e. The molecule has 0 aliphatic heterocycles. The number of aromatic nitrogens is 2. The Labute approximate surface area is 114 Å². The molecule has 3 nitrogen and oxygen atoms in total. The van der Waals surface area contributed by atoms with Gasteiger partial charge in [-0.3, -0.25) is 0 Å². The van der Waals surface area contributed by atoms with Crippen molar-refractivity contribution < 1.29 is 0 Å². The molecule has 3 heteroatoms. The second-order valence-corrected chi connectivity index (χ2v) is 6.01. The van der Waals surface area contributed by atoms with Crippen LogP contribution < -0.4 is 5.73 Å². The van der Waals surface area contributed by atoms with Crippen molar-refractivity contribution in [3.05, 3.63) is 52.8 Å². The molecule has 2 rings (SSSR count). The highest BCUT2D eigenvalue weighted by atomic mass is 15.0. The number of nitrogen functional groups attached to an aromatic ring is 1. The SMILES string of the molecule is Cc1ccc(Cc2cnc(N)nc2C(C)(C)C)cc1. The van der Waals surface area contributed by atoms with E-state index in [4.69, 9.17) is 5.73 Å². The molecule has 1 aromatic heterocycles. The molecule has 100 valence electrons. The summed E-state index contributed by atoms with van der Waals surface area (Å²) in [5, 5.41) is 0. The van der Waals surface area contributed by atoms with Crippen LogP contribution in [-0.4, -0.2) is 9.97 Å². The normalized spacial score (nSPS) is 11.6. The summed E-state index contributed by atoms with van der Waals surface area (Å²) in [6.45, 7) is 8.53. The Bertz CT molecular complexity index is 566. The number of hydrogen-bond acceptors (Lipinski definition) is 3. The van der Waals surface area contributed by atoms with Crippen LogP contribution in [0.25, 0.3) is 0 Å². The lowest BCUT2D eigenvalue weighted by atomic mass is 9.87. The van der Waals surface area contributed by atoms with E-state index in [0.29, 0.717) is 5.95 Å². The van der Waals surface area contributed by atoms with Gasteiger partial charge in [0, 0.05) is 18.0 Å². The van der Waals surface area contributed by atoms with Gasteiger partial charge >= 0.3 is 0 Å². The molecule has 0 saturated carbocycles. The van der Waals surface area contributed by atoms with E-state index < -0.39 is 0 Å². The van der Waals surface area contributed by atoms with E-state index in [0.717, 1.165) is 17.7 Å². The van der Waals surface area contributed by atoms with Crippen molar-refractivity contribution in [1.82, 2.24) is 9.97 Å². The number of anilines is 1. The van der Waals surface area contributed by atoms with E-state index in [1.807, 2.05) is 6.20 Å². The first kappa shape index (κ1) is 13.5. The Morgan fingerprint density at radius 1 is 1.11 bits per heavy atom. The van der Waals surface area contributed by atoms with Gasteiger partial charge in [-0.25, -0.2) is 9.97 Å². The molecule has 0 atom stereocenters. The van der Waals surface area contributed by atoms with Crippen LogP contribution in [0.5, 0.6) is 0 Å². The summed E-state index contributed by atoms with van der Waals surface area (Å²) in [5.41, 5.74) is 10.4. The Balaban J connectivity index is 2.37. The topological polar surface area (TPSA) is 51.8 Å². The summed E-state index contributed by atoms with van der Waals surface area (Å²) >= 11 is 0. The van der Waals surface area contributed by atoms with Gasteiger partial charge in [0.25, 0.3) is 0 Å². The molecule has 2 aromatic rings. The second-order valence-electron chi connectivity index (χ2n) is 6.01. The van der Waals surface area contributed by atoms with E-state index in [9.17, 15) is 0 Å². The quantitative estimate of drug-likeness (QED) is 0.896.